The average Bonchev–Trinajstić information content (AvgIpc) is 3.15. The summed E-state index contributed by atoms with van der Waals surface area (Å²) >= 11 is 0. The van der Waals surface area contributed by atoms with Gasteiger partial charge in [-0.05, 0) is 72.8 Å². The smallest absolute Gasteiger partial charge is 0.127 e. The molecule has 3 N–H and O–H groups in total. The van der Waals surface area contributed by atoms with E-state index in [2.05, 4.69) is 0 Å². The minimum Gasteiger partial charge on any atom is -0.493 e. The predicted octanol–water partition coefficient (Wildman–Crippen LogP) is 3.73. The van der Waals surface area contributed by atoms with Crippen molar-refractivity contribution in [2.24, 2.45) is 11.7 Å². The van der Waals surface area contributed by atoms with Crippen LogP contribution in [0.2, 0.25) is 0 Å². The van der Waals surface area contributed by atoms with Crippen LogP contribution in [0.25, 0.3) is 0 Å². The van der Waals surface area contributed by atoms with Crippen molar-refractivity contribution in [3.8, 4) is 17.2 Å². The third-order valence-electron chi connectivity index (χ3n) is 4.00. The van der Waals surface area contributed by atoms with E-state index in [1.807, 2.05) is 48.5 Å². The highest BCUT2D eigenvalue weighted by atomic mass is 16.5. The van der Waals surface area contributed by atoms with Gasteiger partial charge in [-0.25, -0.2) is 0 Å². The SMILES string of the molecule is N=C(C=CN)c1ccc(Oc2ccc(OCC3CCOC3)cc2)cc1. The molecule has 0 amide bonds. The van der Waals surface area contributed by atoms with Crippen molar-refractivity contribution in [1.82, 2.24) is 0 Å². The number of nitrogens with two attached hydrogens (primary N) is 1. The largest absolute Gasteiger partial charge is 0.493 e. The zero-order chi connectivity index (χ0) is 17.5. The Morgan fingerprint density at radius 1 is 1.08 bits per heavy atom. The second-order valence-corrected chi connectivity index (χ2v) is 5.91. The lowest BCUT2D eigenvalue weighted by Gasteiger charge is -2.11. The van der Waals surface area contributed by atoms with Crippen LogP contribution < -0.4 is 15.2 Å². The van der Waals surface area contributed by atoms with Gasteiger partial charge in [-0.2, -0.15) is 0 Å². The van der Waals surface area contributed by atoms with Crippen LogP contribution in [0, 0.1) is 11.3 Å². The van der Waals surface area contributed by atoms with Gasteiger partial charge in [0.05, 0.1) is 18.9 Å². The molecule has 1 heterocycles. The molecule has 0 aromatic heterocycles. The number of hydrogen-bond acceptors (Lipinski definition) is 5. The number of benzene rings is 2. The van der Waals surface area contributed by atoms with Gasteiger partial charge in [-0.1, -0.05) is 0 Å². The standard InChI is InChI=1S/C20H22N2O3/c21-11-9-20(22)16-1-3-18(4-2-16)25-19-7-5-17(6-8-19)24-14-15-10-12-23-13-15/h1-9,11,15,22H,10,12-14,21H2. The fourth-order valence-electron chi connectivity index (χ4n) is 2.56. The van der Waals surface area contributed by atoms with Crippen molar-refractivity contribution in [3.05, 3.63) is 66.4 Å². The summed E-state index contributed by atoms with van der Waals surface area (Å²) in [5.74, 6) is 2.77. The molecule has 0 saturated carbocycles. The van der Waals surface area contributed by atoms with E-state index in [9.17, 15) is 0 Å². The summed E-state index contributed by atoms with van der Waals surface area (Å²) in [5, 5.41) is 7.82. The van der Waals surface area contributed by atoms with Crippen molar-refractivity contribution in [2.45, 2.75) is 6.42 Å². The highest BCUT2D eigenvalue weighted by Gasteiger charge is 2.16. The molecule has 0 radical (unpaired) electrons. The van der Waals surface area contributed by atoms with Gasteiger partial charge in [0, 0.05) is 12.5 Å². The molecule has 1 fully saturated rings. The molecule has 1 atom stereocenters. The highest BCUT2D eigenvalue weighted by Crippen LogP contribution is 2.25. The minimum absolute atomic E-state index is 0.364. The summed E-state index contributed by atoms with van der Waals surface area (Å²) in [4.78, 5) is 0. The number of nitrogens with one attached hydrogen (secondary N) is 1. The first-order chi connectivity index (χ1) is 12.2. The third kappa shape index (κ3) is 4.84. The maximum absolute atomic E-state index is 7.82. The fraction of sp³-hybridized carbons (Fsp3) is 0.250. The normalized spacial score (nSPS) is 16.9. The molecule has 2 aromatic carbocycles. The Bertz CT molecular complexity index is 718. The van der Waals surface area contributed by atoms with Crippen molar-refractivity contribution in [3.63, 3.8) is 0 Å². The molecular weight excluding hydrogens is 316 g/mol. The monoisotopic (exact) mass is 338 g/mol. The van der Waals surface area contributed by atoms with E-state index in [1.54, 1.807) is 6.08 Å². The Labute approximate surface area is 147 Å². The van der Waals surface area contributed by atoms with Crippen LogP contribution in [0.5, 0.6) is 17.2 Å². The topological polar surface area (TPSA) is 77.6 Å². The number of allylic oxidation sites excluding steroid dienone is 1. The summed E-state index contributed by atoms with van der Waals surface area (Å²) in [7, 11) is 0. The lowest BCUT2D eigenvalue weighted by atomic mass is 10.1. The predicted molar refractivity (Wildman–Crippen MR) is 97.5 cm³/mol. The molecule has 1 aliphatic rings. The second-order valence-electron chi connectivity index (χ2n) is 5.91. The number of ether oxygens (including phenoxy) is 3. The van der Waals surface area contributed by atoms with Crippen LogP contribution in [-0.2, 0) is 4.74 Å². The third-order valence-corrected chi connectivity index (χ3v) is 4.00. The van der Waals surface area contributed by atoms with Gasteiger partial charge < -0.3 is 25.4 Å². The number of rotatable bonds is 7. The lowest BCUT2D eigenvalue weighted by Crippen LogP contribution is -2.11. The van der Waals surface area contributed by atoms with Gasteiger partial charge in [-0.15, -0.1) is 0 Å². The molecule has 5 heteroatoms. The summed E-state index contributed by atoms with van der Waals surface area (Å²) < 4.78 is 16.9. The van der Waals surface area contributed by atoms with Gasteiger partial charge in [0.15, 0.2) is 0 Å². The van der Waals surface area contributed by atoms with E-state index in [4.69, 9.17) is 25.4 Å². The van der Waals surface area contributed by atoms with Gasteiger partial charge in [-0.3, -0.25) is 0 Å². The molecule has 1 unspecified atom stereocenters. The zero-order valence-corrected chi connectivity index (χ0v) is 14.0. The molecule has 0 spiro atoms. The van der Waals surface area contributed by atoms with Gasteiger partial charge in [0.2, 0.25) is 0 Å². The Balaban J connectivity index is 1.54. The van der Waals surface area contributed by atoms with Crippen LogP contribution in [0.4, 0.5) is 0 Å². The minimum atomic E-state index is 0.364. The average molecular weight is 338 g/mol. The van der Waals surface area contributed by atoms with Crippen molar-refractivity contribution >= 4 is 5.71 Å². The van der Waals surface area contributed by atoms with E-state index >= 15 is 0 Å². The van der Waals surface area contributed by atoms with E-state index in [0.717, 1.165) is 36.7 Å². The molecule has 1 aliphatic heterocycles. The second kappa shape index (κ2) is 8.35. The number of hydrogen-bond donors (Lipinski definition) is 2. The van der Waals surface area contributed by atoms with E-state index < -0.39 is 0 Å². The molecule has 3 rings (SSSR count). The van der Waals surface area contributed by atoms with Gasteiger partial charge in [0.1, 0.15) is 17.2 Å². The van der Waals surface area contributed by atoms with Crippen LogP contribution in [0.15, 0.2) is 60.8 Å². The maximum Gasteiger partial charge on any atom is 0.127 e. The summed E-state index contributed by atoms with van der Waals surface area (Å²) in [6.45, 7) is 2.31. The van der Waals surface area contributed by atoms with Crippen LogP contribution in [0.1, 0.15) is 12.0 Å². The van der Waals surface area contributed by atoms with Crippen LogP contribution >= 0.6 is 0 Å². The molecule has 130 valence electrons. The van der Waals surface area contributed by atoms with Crippen molar-refractivity contribution in [2.75, 3.05) is 19.8 Å². The van der Waals surface area contributed by atoms with E-state index in [-0.39, 0.29) is 0 Å². The van der Waals surface area contributed by atoms with Crippen molar-refractivity contribution < 1.29 is 14.2 Å². The molecule has 2 aromatic rings. The van der Waals surface area contributed by atoms with Gasteiger partial charge >= 0.3 is 0 Å². The lowest BCUT2D eigenvalue weighted by molar-refractivity contribution is 0.167. The van der Waals surface area contributed by atoms with Crippen LogP contribution in [0.3, 0.4) is 0 Å². The Kier molecular flexibility index (Phi) is 5.69. The molecule has 0 aliphatic carbocycles. The molecule has 25 heavy (non-hydrogen) atoms. The quantitative estimate of drug-likeness (QED) is 0.754. The van der Waals surface area contributed by atoms with Crippen molar-refractivity contribution in [1.29, 1.82) is 5.41 Å². The summed E-state index contributed by atoms with van der Waals surface area (Å²) in [6, 6.07) is 14.9. The maximum atomic E-state index is 7.82. The molecule has 5 nitrogen and oxygen atoms in total. The van der Waals surface area contributed by atoms with E-state index in [0.29, 0.717) is 24.0 Å². The zero-order valence-electron chi connectivity index (χ0n) is 14.0. The summed E-state index contributed by atoms with van der Waals surface area (Å²) in [6.07, 6.45) is 3.97. The summed E-state index contributed by atoms with van der Waals surface area (Å²) in [5.41, 5.74) is 6.46. The van der Waals surface area contributed by atoms with Crippen LogP contribution in [-0.4, -0.2) is 25.5 Å². The molecule has 0 bridgehead atoms. The Morgan fingerprint density at radius 3 is 2.32 bits per heavy atom. The van der Waals surface area contributed by atoms with E-state index in [1.165, 1.54) is 6.20 Å². The van der Waals surface area contributed by atoms with Gasteiger partial charge in [0.25, 0.3) is 0 Å². The molecule has 1 saturated heterocycles. The molecular formula is C20H22N2O3. The fourth-order valence-corrected chi connectivity index (χ4v) is 2.56. The highest BCUT2D eigenvalue weighted by molar-refractivity contribution is 6.06. The first-order valence-electron chi connectivity index (χ1n) is 8.30. The first-order valence-corrected chi connectivity index (χ1v) is 8.30. The first kappa shape index (κ1) is 17.0. The Morgan fingerprint density at radius 2 is 1.72 bits per heavy atom. The Hall–Kier alpha value is -2.79.